The summed E-state index contributed by atoms with van der Waals surface area (Å²) < 4.78 is 5.09. The fourth-order valence-electron chi connectivity index (χ4n) is 1.68. The first kappa shape index (κ1) is 14.2. The molecular formula is C14H16N2OS2. The zero-order chi connectivity index (χ0) is 13.8. The Bertz CT molecular complexity index is 593. The van der Waals surface area contributed by atoms with Gasteiger partial charge in [0.2, 0.25) is 0 Å². The zero-order valence-corrected chi connectivity index (χ0v) is 12.9. The fraction of sp³-hybridized carbons (Fsp3) is 0.357. The second kappa shape index (κ2) is 6.30. The molecule has 0 saturated carbocycles. The van der Waals surface area contributed by atoms with Gasteiger partial charge in [-0.2, -0.15) is 4.37 Å². The van der Waals surface area contributed by atoms with Crippen LogP contribution in [0.3, 0.4) is 0 Å². The van der Waals surface area contributed by atoms with Crippen molar-refractivity contribution in [3.8, 4) is 0 Å². The molecule has 0 aliphatic heterocycles. The van der Waals surface area contributed by atoms with Gasteiger partial charge < -0.3 is 0 Å². The van der Waals surface area contributed by atoms with Gasteiger partial charge in [-0.3, -0.25) is 4.79 Å². The number of carbonyl (C=O) groups excluding carboxylic acids is 1. The van der Waals surface area contributed by atoms with Crippen LogP contribution in [0, 0.1) is 13.8 Å². The number of aromatic nitrogens is 2. The van der Waals surface area contributed by atoms with Crippen molar-refractivity contribution in [2.45, 2.75) is 31.5 Å². The second-order valence-corrected chi connectivity index (χ2v) is 6.33. The van der Waals surface area contributed by atoms with Crippen molar-refractivity contribution in [3.05, 3.63) is 40.7 Å². The molecule has 2 rings (SSSR count). The molecule has 0 fully saturated rings. The Balaban J connectivity index is 2.03. The van der Waals surface area contributed by atoms with Gasteiger partial charge in [0, 0.05) is 12.0 Å². The molecule has 0 atom stereocenters. The van der Waals surface area contributed by atoms with E-state index in [1.165, 1.54) is 23.3 Å². The van der Waals surface area contributed by atoms with Crippen molar-refractivity contribution < 1.29 is 4.79 Å². The lowest BCUT2D eigenvalue weighted by molar-refractivity contribution is 0.102. The highest BCUT2D eigenvalue weighted by molar-refractivity contribution is 8.01. The smallest absolute Gasteiger partial charge is 0.173 e. The van der Waals surface area contributed by atoms with Crippen LogP contribution in [-0.4, -0.2) is 20.9 Å². The van der Waals surface area contributed by atoms with Crippen LogP contribution in [0.1, 0.15) is 34.2 Å². The summed E-state index contributed by atoms with van der Waals surface area (Å²) >= 11 is 2.84. The number of rotatable bonds is 5. The SMILES string of the molecule is CCc1nsc(SCC(=O)c2cc(C)ccc2C)n1. The summed E-state index contributed by atoms with van der Waals surface area (Å²) in [5, 5.41) is 0. The van der Waals surface area contributed by atoms with Gasteiger partial charge in [0.1, 0.15) is 5.82 Å². The number of thioether (sulfide) groups is 1. The molecule has 0 unspecified atom stereocenters. The minimum atomic E-state index is 0.152. The van der Waals surface area contributed by atoms with Crippen molar-refractivity contribution >= 4 is 29.1 Å². The summed E-state index contributed by atoms with van der Waals surface area (Å²) in [6.07, 6.45) is 0.835. The molecule has 5 heteroatoms. The molecule has 3 nitrogen and oxygen atoms in total. The van der Waals surface area contributed by atoms with E-state index in [-0.39, 0.29) is 5.78 Å². The van der Waals surface area contributed by atoms with Gasteiger partial charge in [0.15, 0.2) is 10.1 Å². The van der Waals surface area contributed by atoms with E-state index in [4.69, 9.17) is 0 Å². The van der Waals surface area contributed by atoms with Crippen LogP contribution in [0.15, 0.2) is 22.5 Å². The Morgan fingerprint density at radius 2 is 2.16 bits per heavy atom. The van der Waals surface area contributed by atoms with E-state index in [1.54, 1.807) is 0 Å². The van der Waals surface area contributed by atoms with Crippen LogP contribution in [0.25, 0.3) is 0 Å². The highest BCUT2D eigenvalue weighted by Crippen LogP contribution is 2.22. The molecular weight excluding hydrogens is 276 g/mol. The summed E-state index contributed by atoms with van der Waals surface area (Å²) in [7, 11) is 0. The molecule has 0 spiro atoms. The van der Waals surface area contributed by atoms with Gasteiger partial charge in [0.25, 0.3) is 0 Å². The molecule has 0 radical (unpaired) electrons. The Hall–Kier alpha value is -1.20. The van der Waals surface area contributed by atoms with Crippen LogP contribution in [0.2, 0.25) is 0 Å². The molecule has 0 aliphatic carbocycles. The minimum Gasteiger partial charge on any atom is -0.293 e. The van der Waals surface area contributed by atoms with Crippen LogP contribution >= 0.6 is 23.3 Å². The number of aryl methyl sites for hydroxylation is 3. The van der Waals surface area contributed by atoms with E-state index >= 15 is 0 Å². The van der Waals surface area contributed by atoms with Crippen LogP contribution in [0.4, 0.5) is 0 Å². The second-order valence-electron chi connectivity index (χ2n) is 4.36. The van der Waals surface area contributed by atoms with Crippen molar-refractivity contribution in [1.29, 1.82) is 0 Å². The van der Waals surface area contributed by atoms with Gasteiger partial charge in [-0.05, 0) is 37.0 Å². The third-order valence-corrected chi connectivity index (χ3v) is 4.66. The number of hydrogen-bond acceptors (Lipinski definition) is 5. The van der Waals surface area contributed by atoms with Crippen molar-refractivity contribution in [3.63, 3.8) is 0 Å². The number of Topliss-reactive ketones (excluding diaryl/α,β-unsaturated/α-hetero) is 1. The van der Waals surface area contributed by atoms with E-state index in [1.807, 2.05) is 39.0 Å². The van der Waals surface area contributed by atoms with E-state index in [9.17, 15) is 4.79 Å². The van der Waals surface area contributed by atoms with Crippen LogP contribution in [-0.2, 0) is 6.42 Å². The number of carbonyl (C=O) groups is 1. The van der Waals surface area contributed by atoms with Gasteiger partial charge in [0.05, 0.1) is 5.75 Å². The molecule has 1 heterocycles. The van der Waals surface area contributed by atoms with Gasteiger partial charge >= 0.3 is 0 Å². The van der Waals surface area contributed by atoms with Crippen molar-refractivity contribution in [1.82, 2.24) is 9.36 Å². The van der Waals surface area contributed by atoms with E-state index < -0.39 is 0 Å². The Morgan fingerprint density at radius 1 is 1.37 bits per heavy atom. The number of nitrogens with zero attached hydrogens (tertiary/aromatic N) is 2. The minimum absolute atomic E-state index is 0.152. The maximum Gasteiger partial charge on any atom is 0.173 e. The lowest BCUT2D eigenvalue weighted by atomic mass is 10.0. The molecule has 2 aromatic rings. The lowest BCUT2D eigenvalue weighted by Gasteiger charge is -2.05. The maximum atomic E-state index is 12.2. The van der Waals surface area contributed by atoms with Gasteiger partial charge in [-0.15, -0.1) is 0 Å². The first-order valence-electron chi connectivity index (χ1n) is 6.16. The van der Waals surface area contributed by atoms with Gasteiger partial charge in [-0.1, -0.05) is 36.4 Å². The maximum absolute atomic E-state index is 12.2. The largest absolute Gasteiger partial charge is 0.293 e. The van der Waals surface area contributed by atoms with Crippen molar-refractivity contribution in [2.75, 3.05) is 5.75 Å². The average Bonchev–Trinajstić information content (AvgIpc) is 2.87. The van der Waals surface area contributed by atoms with Crippen LogP contribution in [0.5, 0.6) is 0 Å². The predicted octanol–water partition coefficient (Wildman–Crippen LogP) is 3.69. The molecule has 0 bridgehead atoms. The fourth-order valence-corrected chi connectivity index (χ4v) is 3.26. The van der Waals surface area contributed by atoms with Crippen LogP contribution < -0.4 is 0 Å². The highest BCUT2D eigenvalue weighted by Gasteiger charge is 2.11. The third kappa shape index (κ3) is 3.64. The van der Waals surface area contributed by atoms with Gasteiger partial charge in [-0.25, -0.2) is 4.98 Å². The molecule has 1 aromatic carbocycles. The van der Waals surface area contributed by atoms with E-state index in [0.717, 1.165) is 33.3 Å². The Kier molecular flexibility index (Phi) is 4.71. The predicted molar refractivity (Wildman–Crippen MR) is 80.3 cm³/mol. The molecule has 0 amide bonds. The van der Waals surface area contributed by atoms with E-state index in [0.29, 0.717) is 5.75 Å². The third-order valence-electron chi connectivity index (χ3n) is 2.79. The van der Waals surface area contributed by atoms with E-state index in [2.05, 4.69) is 9.36 Å². The number of benzene rings is 1. The average molecular weight is 292 g/mol. The number of ketones is 1. The standard InChI is InChI=1S/C14H16N2OS2/c1-4-13-15-14(19-16-13)18-8-12(17)11-7-9(2)5-6-10(11)3/h5-7H,4,8H2,1-3H3. The van der Waals surface area contributed by atoms with Crippen molar-refractivity contribution in [2.24, 2.45) is 0 Å². The zero-order valence-electron chi connectivity index (χ0n) is 11.3. The summed E-state index contributed by atoms with van der Waals surface area (Å²) in [5.41, 5.74) is 2.96. The highest BCUT2D eigenvalue weighted by atomic mass is 32.2. The molecule has 0 N–H and O–H groups in total. The molecule has 0 saturated heterocycles. The summed E-state index contributed by atoms with van der Waals surface area (Å²) in [4.78, 5) is 16.6. The quantitative estimate of drug-likeness (QED) is 0.622. The molecule has 0 aliphatic rings. The summed E-state index contributed by atoms with van der Waals surface area (Å²) in [5.74, 6) is 1.42. The lowest BCUT2D eigenvalue weighted by Crippen LogP contribution is -2.05. The monoisotopic (exact) mass is 292 g/mol. The first-order chi connectivity index (χ1) is 9.10. The first-order valence-corrected chi connectivity index (χ1v) is 7.92. The number of hydrogen-bond donors (Lipinski definition) is 0. The molecule has 19 heavy (non-hydrogen) atoms. The summed E-state index contributed by atoms with van der Waals surface area (Å²) in [6, 6.07) is 5.97. The molecule has 1 aromatic heterocycles. The normalized spacial score (nSPS) is 10.7. The topological polar surface area (TPSA) is 42.9 Å². The summed E-state index contributed by atoms with van der Waals surface area (Å²) in [6.45, 7) is 6.00. The Morgan fingerprint density at radius 3 is 2.84 bits per heavy atom. The Labute approximate surface area is 121 Å². The molecule has 100 valence electrons.